The van der Waals surface area contributed by atoms with Gasteiger partial charge in [0.15, 0.2) is 10.2 Å². The van der Waals surface area contributed by atoms with E-state index in [-0.39, 0.29) is 11.3 Å². The number of para-hydroxylation sites is 1. The molecule has 6 nitrogen and oxygen atoms in total. The topological polar surface area (TPSA) is 80.4 Å². The summed E-state index contributed by atoms with van der Waals surface area (Å²) in [6.45, 7) is 8.83. The van der Waals surface area contributed by atoms with Crippen LogP contribution in [-0.2, 0) is 12.8 Å². The number of amides is 1. The van der Waals surface area contributed by atoms with Crippen molar-refractivity contribution in [3.63, 3.8) is 0 Å². The highest BCUT2D eigenvalue weighted by Gasteiger charge is 2.33. The zero-order valence-electron chi connectivity index (χ0n) is 21.4. The Morgan fingerprint density at radius 1 is 1.19 bits per heavy atom. The number of benzene rings is 1. The zero-order chi connectivity index (χ0) is 26.0. The molecule has 0 spiro atoms. The highest BCUT2D eigenvalue weighted by atomic mass is 32.2. The molecule has 4 aromatic rings. The number of hydrogen-bond donors (Lipinski definition) is 1. The van der Waals surface area contributed by atoms with E-state index in [0.717, 1.165) is 41.2 Å². The Morgan fingerprint density at radius 3 is 2.76 bits per heavy atom. The number of aromatic nitrogens is 2. The van der Waals surface area contributed by atoms with Gasteiger partial charge in [0, 0.05) is 22.5 Å². The van der Waals surface area contributed by atoms with Crippen LogP contribution in [0.5, 0.6) is 0 Å². The predicted octanol–water partition coefficient (Wildman–Crippen LogP) is 7.74. The fourth-order valence-electron chi connectivity index (χ4n) is 4.50. The van der Waals surface area contributed by atoms with Crippen LogP contribution >= 0.6 is 23.1 Å². The molecule has 37 heavy (non-hydrogen) atoms. The molecular weight excluding hydrogens is 500 g/mol. The summed E-state index contributed by atoms with van der Waals surface area (Å²) in [6.07, 6.45) is 6.36. The fraction of sp³-hybridized carbons (Fsp3) is 0.310. The van der Waals surface area contributed by atoms with E-state index in [1.54, 1.807) is 23.7 Å². The Hall–Kier alpha value is -3.23. The second-order valence-corrected chi connectivity index (χ2v) is 12.4. The van der Waals surface area contributed by atoms with Gasteiger partial charge >= 0.3 is 0 Å². The van der Waals surface area contributed by atoms with Crippen LogP contribution in [0.3, 0.4) is 0 Å². The van der Waals surface area contributed by atoms with Crippen molar-refractivity contribution in [2.45, 2.75) is 57.2 Å². The average molecular weight is 531 g/mol. The summed E-state index contributed by atoms with van der Waals surface area (Å²) in [4.78, 5) is 28.2. The summed E-state index contributed by atoms with van der Waals surface area (Å²) in [7, 11) is 0. The van der Waals surface area contributed by atoms with E-state index >= 15 is 0 Å². The molecule has 0 unspecified atom stereocenters. The largest absolute Gasteiger partial charge is 0.448 e. The summed E-state index contributed by atoms with van der Waals surface area (Å²) < 4.78 is 5.95. The number of aliphatic imine (C=N–C) groups is 1. The minimum atomic E-state index is -0.114. The molecular formula is C29H30N4O2S2. The van der Waals surface area contributed by atoms with Crippen molar-refractivity contribution in [2.75, 3.05) is 5.32 Å². The Balaban J connectivity index is 1.42. The lowest BCUT2D eigenvalue weighted by molar-refractivity contribution is 0.102. The number of carbonyl (C=O) groups excluding carboxylic acids is 1. The molecule has 1 amide bonds. The van der Waals surface area contributed by atoms with Gasteiger partial charge < -0.3 is 9.73 Å². The molecule has 190 valence electrons. The van der Waals surface area contributed by atoms with Crippen LogP contribution in [0.2, 0.25) is 0 Å². The molecule has 0 saturated heterocycles. The van der Waals surface area contributed by atoms with E-state index in [2.05, 4.69) is 36.1 Å². The number of nitrogens with zero attached hydrogens (tertiary/aromatic N) is 3. The van der Waals surface area contributed by atoms with Crippen molar-refractivity contribution in [2.24, 2.45) is 16.3 Å². The van der Waals surface area contributed by atoms with Crippen LogP contribution < -0.4 is 5.32 Å². The van der Waals surface area contributed by atoms with E-state index in [1.807, 2.05) is 55.5 Å². The summed E-state index contributed by atoms with van der Waals surface area (Å²) in [5.41, 5.74) is 3.72. The molecule has 0 bridgehead atoms. The van der Waals surface area contributed by atoms with Crippen LogP contribution in [0.4, 0.5) is 10.7 Å². The van der Waals surface area contributed by atoms with Gasteiger partial charge in [0.2, 0.25) is 0 Å². The lowest BCUT2D eigenvalue weighted by atomic mass is 9.72. The van der Waals surface area contributed by atoms with Gasteiger partial charge in [0.05, 0.1) is 11.8 Å². The first kappa shape index (κ1) is 25.4. The number of nitrogens with one attached hydrogen (secondary N) is 1. The smallest absolute Gasteiger partial charge is 0.259 e. The van der Waals surface area contributed by atoms with E-state index in [1.165, 1.54) is 16.6 Å². The van der Waals surface area contributed by atoms with Crippen molar-refractivity contribution in [3.8, 4) is 0 Å². The second kappa shape index (κ2) is 10.6. The number of anilines is 1. The number of hydrogen-bond acceptors (Lipinski definition) is 7. The highest BCUT2D eigenvalue weighted by molar-refractivity contribution is 7.99. The molecule has 1 atom stereocenters. The maximum Gasteiger partial charge on any atom is 0.259 e. The van der Waals surface area contributed by atoms with Gasteiger partial charge in [-0.1, -0.05) is 39.0 Å². The van der Waals surface area contributed by atoms with Crippen LogP contribution in [-0.4, -0.2) is 22.1 Å². The van der Waals surface area contributed by atoms with E-state index in [9.17, 15) is 4.79 Å². The molecule has 1 N–H and O–H groups in total. The summed E-state index contributed by atoms with van der Waals surface area (Å²) in [5, 5.41) is 5.11. The normalized spacial score (nSPS) is 15.6. The molecule has 3 heterocycles. The molecule has 1 aliphatic rings. The number of furan rings is 1. The fourth-order valence-corrected chi connectivity index (χ4v) is 6.52. The Labute approximate surface area is 225 Å². The molecule has 0 radical (unpaired) electrons. The first-order chi connectivity index (χ1) is 17.8. The van der Waals surface area contributed by atoms with Crippen LogP contribution in [0.1, 0.15) is 59.4 Å². The van der Waals surface area contributed by atoms with Crippen LogP contribution in [0.15, 0.2) is 74.4 Å². The number of thiophene rings is 1. The van der Waals surface area contributed by atoms with Crippen molar-refractivity contribution in [1.29, 1.82) is 0 Å². The van der Waals surface area contributed by atoms with Crippen molar-refractivity contribution < 1.29 is 9.21 Å². The first-order valence-corrected chi connectivity index (χ1v) is 14.0. The van der Waals surface area contributed by atoms with Gasteiger partial charge in [0.1, 0.15) is 10.8 Å². The monoisotopic (exact) mass is 530 g/mol. The lowest BCUT2D eigenvalue weighted by Gasteiger charge is -2.33. The maximum absolute atomic E-state index is 13.5. The number of fused-ring (bicyclic) bond motifs is 1. The molecule has 1 aromatic carbocycles. The summed E-state index contributed by atoms with van der Waals surface area (Å²) >= 11 is 2.99. The molecule has 5 rings (SSSR count). The van der Waals surface area contributed by atoms with Gasteiger partial charge in [-0.2, -0.15) is 0 Å². The molecule has 0 saturated carbocycles. The Bertz CT molecular complexity index is 1430. The average Bonchev–Trinajstić information content (AvgIpc) is 3.46. The standard InChI is InChI=1S/C29H30N4O2S2/c1-18-14-15-30-28(32-18)37-24-13-11-21(35-24)17-31-27-25(26(34)33-20-8-6-5-7-9-20)22-12-10-19(29(2,3)4)16-23(22)36-27/h5-9,11,13-15,17,19H,10,12,16H2,1-4H3,(H,33,34)/t19-/m1/s1. The molecule has 8 heteroatoms. The van der Waals surface area contributed by atoms with E-state index in [0.29, 0.717) is 27.5 Å². The summed E-state index contributed by atoms with van der Waals surface area (Å²) in [6, 6.07) is 15.2. The number of carbonyl (C=O) groups is 1. The number of aryl methyl sites for hydroxylation is 1. The van der Waals surface area contributed by atoms with Gasteiger partial charge in [0.25, 0.3) is 5.91 Å². The third-order valence-electron chi connectivity index (χ3n) is 6.61. The van der Waals surface area contributed by atoms with Crippen molar-refractivity contribution in [3.05, 3.63) is 82.2 Å². The zero-order valence-corrected chi connectivity index (χ0v) is 23.1. The van der Waals surface area contributed by atoms with Crippen molar-refractivity contribution >= 4 is 45.9 Å². The summed E-state index contributed by atoms with van der Waals surface area (Å²) in [5.74, 6) is 1.08. The second-order valence-electron chi connectivity index (χ2n) is 10.3. The van der Waals surface area contributed by atoms with Crippen molar-refractivity contribution in [1.82, 2.24) is 9.97 Å². The highest BCUT2D eigenvalue weighted by Crippen LogP contribution is 2.45. The Kier molecular flexibility index (Phi) is 7.31. The minimum absolute atomic E-state index is 0.114. The third-order valence-corrected chi connectivity index (χ3v) is 8.57. The lowest BCUT2D eigenvalue weighted by Crippen LogP contribution is -2.27. The van der Waals surface area contributed by atoms with E-state index < -0.39 is 0 Å². The Morgan fingerprint density at radius 2 is 2.00 bits per heavy atom. The molecule has 0 fully saturated rings. The maximum atomic E-state index is 13.5. The molecule has 0 aliphatic heterocycles. The first-order valence-electron chi connectivity index (χ1n) is 12.4. The van der Waals surface area contributed by atoms with Crippen LogP contribution in [0, 0.1) is 18.3 Å². The quantitative estimate of drug-likeness (QED) is 0.204. The van der Waals surface area contributed by atoms with Gasteiger partial charge in [-0.05, 0) is 85.2 Å². The van der Waals surface area contributed by atoms with Gasteiger partial charge in [-0.3, -0.25) is 4.79 Å². The minimum Gasteiger partial charge on any atom is -0.448 e. The van der Waals surface area contributed by atoms with Gasteiger partial charge in [-0.15, -0.1) is 11.3 Å². The number of rotatable bonds is 6. The molecule has 3 aromatic heterocycles. The third kappa shape index (κ3) is 6.02. The van der Waals surface area contributed by atoms with Gasteiger partial charge in [-0.25, -0.2) is 15.0 Å². The SMILES string of the molecule is Cc1ccnc(Sc2ccc(C=Nc3sc4c(c3C(=O)Nc3ccccc3)CC[C@@H](C(C)(C)C)C4)o2)n1. The molecule has 1 aliphatic carbocycles. The van der Waals surface area contributed by atoms with E-state index in [4.69, 9.17) is 9.41 Å². The van der Waals surface area contributed by atoms with Crippen LogP contribution in [0.25, 0.3) is 0 Å². The predicted molar refractivity (Wildman–Crippen MR) is 151 cm³/mol.